The fraction of sp³-hybridized carbons (Fsp3) is 0.417. The molecule has 1 atom stereocenters. The van der Waals surface area contributed by atoms with Gasteiger partial charge < -0.3 is 14.8 Å². The molecule has 1 aromatic rings. The van der Waals surface area contributed by atoms with E-state index in [0.29, 0.717) is 18.8 Å². The number of ether oxygens (including phenoxy) is 2. The molecule has 1 aliphatic rings. The third-order valence-corrected chi connectivity index (χ3v) is 2.41. The molecule has 2 rings (SSSR count). The highest BCUT2D eigenvalue weighted by Crippen LogP contribution is 2.03. The molecule has 0 saturated carbocycles. The predicted molar refractivity (Wildman–Crippen MR) is 66.6 cm³/mol. The lowest BCUT2D eigenvalue weighted by atomic mass is 10.2. The van der Waals surface area contributed by atoms with Crippen molar-refractivity contribution in [1.29, 1.82) is 0 Å². The van der Waals surface area contributed by atoms with Crippen molar-refractivity contribution >= 4 is 18.4 Å². The topological polar surface area (TPSA) is 47.6 Å². The number of hydrogen-bond acceptors (Lipinski definition) is 4. The van der Waals surface area contributed by atoms with Crippen LogP contribution in [-0.2, 0) is 9.47 Å². The summed E-state index contributed by atoms with van der Waals surface area (Å²) < 4.78 is 10.6. The van der Waals surface area contributed by atoms with Crippen molar-refractivity contribution in [3.05, 3.63) is 35.9 Å². The number of morpholine rings is 1. The first-order chi connectivity index (χ1) is 7.86. The average Bonchev–Trinajstić information content (AvgIpc) is 2.38. The lowest BCUT2D eigenvalue weighted by molar-refractivity contribution is -0.0214. The van der Waals surface area contributed by atoms with Crippen molar-refractivity contribution in [3.63, 3.8) is 0 Å². The van der Waals surface area contributed by atoms with E-state index in [4.69, 9.17) is 9.47 Å². The van der Waals surface area contributed by atoms with Crippen LogP contribution in [0.4, 0.5) is 0 Å². The Balaban J connectivity index is 0.00000144. The van der Waals surface area contributed by atoms with Crippen LogP contribution >= 0.6 is 12.4 Å². The number of halogens is 1. The fourth-order valence-corrected chi connectivity index (χ4v) is 1.55. The molecule has 1 aromatic carbocycles. The Morgan fingerprint density at radius 1 is 1.41 bits per heavy atom. The maximum Gasteiger partial charge on any atom is 0.338 e. The number of carbonyl (C=O) groups excluding carboxylic acids is 1. The van der Waals surface area contributed by atoms with Gasteiger partial charge in [0.05, 0.1) is 12.2 Å². The highest BCUT2D eigenvalue weighted by Gasteiger charge is 2.16. The predicted octanol–water partition coefficient (Wildman–Crippen LogP) is 1.25. The van der Waals surface area contributed by atoms with Crippen LogP contribution in [0.2, 0.25) is 0 Å². The van der Waals surface area contributed by atoms with Crippen LogP contribution in [0.25, 0.3) is 0 Å². The Morgan fingerprint density at radius 3 is 2.82 bits per heavy atom. The summed E-state index contributed by atoms with van der Waals surface area (Å²) in [4.78, 5) is 11.6. The summed E-state index contributed by atoms with van der Waals surface area (Å²) in [7, 11) is 0. The fourth-order valence-electron chi connectivity index (χ4n) is 1.55. The van der Waals surface area contributed by atoms with Crippen LogP contribution in [0.1, 0.15) is 10.4 Å². The molecule has 5 heteroatoms. The van der Waals surface area contributed by atoms with Crippen LogP contribution in [0.3, 0.4) is 0 Å². The molecule has 1 fully saturated rings. The molecule has 0 amide bonds. The molecule has 0 unspecified atom stereocenters. The van der Waals surface area contributed by atoms with Gasteiger partial charge in [-0.25, -0.2) is 4.79 Å². The highest BCUT2D eigenvalue weighted by molar-refractivity contribution is 5.89. The quantitative estimate of drug-likeness (QED) is 0.828. The van der Waals surface area contributed by atoms with Gasteiger partial charge in [0.25, 0.3) is 0 Å². The van der Waals surface area contributed by atoms with Gasteiger partial charge in [-0.2, -0.15) is 0 Å². The van der Waals surface area contributed by atoms with Crippen LogP contribution in [-0.4, -0.2) is 38.4 Å². The second-order valence-corrected chi connectivity index (χ2v) is 3.66. The standard InChI is InChI=1S/C12H15NO3.ClH/c14-12(10-4-2-1-3-5-10)16-9-11-8-13-6-7-15-11;/h1-5,11,13H,6-9H2;1H/t11-;/m1./s1. The van der Waals surface area contributed by atoms with Gasteiger partial charge in [0.15, 0.2) is 0 Å². The maximum absolute atomic E-state index is 11.6. The van der Waals surface area contributed by atoms with E-state index in [1.807, 2.05) is 18.2 Å². The van der Waals surface area contributed by atoms with Gasteiger partial charge in [-0.15, -0.1) is 12.4 Å². The molecule has 1 saturated heterocycles. The largest absolute Gasteiger partial charge is 0.459 e. The monoisotopic (exact) mass is 257 g/mol. The zero-order valence-electron chi connectivity index (χ0n) is 9.43. The number of carbonyl (C=O) groups is 1. The Kier molecular flexibility index (Phi) is 5.97. The van der Waals surface area contributed by atoms with Gasteiger partial charge in [0, 0.05) is 13.1 Å². The van der Waals surface area contributed by atoms with Crippen LogP contribution < -0.4 is 5.32 Å². The summed E-state index contributed by atoms with van der Waals surface area (Å²) in [5, 5.41) is 3.18. The number of esters is 1. The molecule has 94 valence electrons. The summed E-state index contributed by atoms with van der Waals surface area (Å²) in [6.45, 7) is 2.58. The minimum Gasteiger partial charge on any atom is -0.459 e. The van der Waals surface area contributed by atoms with Crippen molar-refractivity contribution < 1.29 is 14.3 Å². The van der Waals surface area contributed by atoms with E-state index in [2.05, 4.69) is 5.32 Å². The average molecular weight is 258 g/mol. The van der Waals surface area contributed by atoms with Crippen LogP contribution in [0.5, 0.6) is 0 Å². The molecule has 0 bridgehead atoms. The van der Waals surface area contributed by atoms with E-state index in [1.54, 1.807) is 12.1 Å². The molecule has 1 heterocycles. The van der Waals surface area contributed by atoms with Crippen molar-refractivity contribution in [2.45, 2.75) is 6.10 Å². The van der Waals surface area contributed by atoms with E-state index in [0.717, 1.165) is 13.1 Å². The zero-order valence-corrected chi connectivity index (χ0v) is 10.2. The van der Waals surface area contributed by atoms with Gasteiger partial charge >= 0.3 is 5.97 Å². The normalized spacial score (nSPS) is 19.2. The van der Waals surface area contributed by atoms with E-state index in [1.165, 1.54) is 0 Å². The molecular formula is C12H16ClNO3. The number of hydrogen-bond donors (Lipinski definition) is 1. The molecule has 0 spiro atoms. The number of rotatable bonds is 3. The SMILES string of the molecule is Cl.O=C(OC[C@H]1CNCCO1)c1ccccc1. The van der Waals surface area contributed by atoms with Crippen LogP contribution in [0, 0.1) is 0 Å². The molecule has 1 N–H and O–H groups in total. The summed E-state index contributed by atoms with van der Waals surface area (Å²) in [6.07, 6.45) is -0.0265. The maximum atomic E-state index is 11.6. The minimum atomic E-state index is -0.297. The van der Waals surface area contributed by atoms with E-state index >= 15 is 0 Å². The first-order valence-electron chi connectivity index (χ1n) is 5.41. The Labute approximate surface area is 107 Å². The third-order valence-electron chi connectivity index (χ3n) is 2.41. The lowest BCUT2D eigenvalue weighted by Gasteiger charge is -2.23. The third kappa shape index (κ3) is 4.34. The molecular weight excluding hydrogens is 242 g/mol. The second-order valence-electron chi connectivity index (χ2n) is 3.66. The van der Waals surface area contributed by atoms with Gasteiger partial charge in [0.1, 0.15) is 12.7 Å². The Bertz CT molecular complexity index is 339. The number of nitrogens with one attached hydrogen (secondary N) is 1. The lowest BCUT2D eigenvalue weighted by Crippen LogP contribution is -2.41. The highest BCUT2D eigenvalue weighted by atomic mass is 35.5. The Morgan fingerprint density at radius 2 is 2.18 bits per heavy atom. The van der Waals surface area contributed by atoms with E-state index in [-0.39, 0.29) is 24.5 Å². The number of benzene rings is 1. The molecule has 4 nitrogen and oxygen atoms in total. The summed E-state index contributed by atoms with van der Waals surface area (Å²) in [6, 6.07) is 8.97. The minimum absolute atomic E-state index is 0. The van der Waals surface area contributed by atoms with Gasteiger partial charge in [-0.05, 0) is 12.1 Å². The van der Waals surface area contributed by atoms with Crippen molar-refractivity contribution in [2.75, 3.05) is 26.3 Å². The van der Waals surface area contributed by atoms with Gasteiger partial charge in [0.2, 0.25) is 0 Å². The van der Waals surface area contributed by atoms with Crippen molar-refractivity contribution in [3.8, 4) is 0 Å². The smallest absolute Gasteiger partial charge is 0.338 e. The molecule has 0 radical (unpaired) electrons. The first-order valence-corrected chi connectivity index (χ1v) is 5.41. The van der Waals surface area contributed by atoms with Crippen molar-refractivity contribution in [2.24, 2.45) is 0 Å². The van der Waals surface area contributed by atoms with Gasteiger partial charge in [-0.1, -0.05) is 18.2 Å². The Hall–Kier alpha value is -1.10. The summed E-state index contributed by atoms with van der Waals surface area (Å²) >= 11 is 0. The second kappa shape index (κ2) is 7.27. The van der Waals surface area contributed by atoms with E-state index in [9.17, 15) is 4.79 Å². The summed E-state index contributed by atoms with van der Waals surface area (Å²) in [5.74, 6) is -0.297. The molecule has 17 heavy (non-hydrogen) atoms. The van der Waals surface area contributed by atoms with E-state index < -0.39 is 0 Å². The van der Waals surface area contributed by atoms with Crippen molar-refractivity contribution in [1.82, 2.24) is 5.32 Å². The molecule has 1 aliphatic heterocycles. The molecule has 0 aromatic heterocycles. The van der Waals surface area contributed by atoms with Crippen LogP contribution in [0.15, 0.2) is 30.3 Å². The first kappa shape index (κ1) is 14.0. The molecule has 0 aliphatic carbocycles. The summed E-state index contributed by atoms with van der Waals surface area (Å²) in [5.41, 5.74) is 0.575. The zero-order chi connectivity index (χ0) is 11.2. The van der Waals surface area contributed by atoms with Gasteiger partial charge in [-0.3, -0.25) is 0 Å².